The molecule has 0 aromatic heterocycles. The van der Waals surface area contributed by atoms with Crippen molar-refractivity contribution >= 4 is 11.8 Å². The molecule has 14 heavy (non-hydrogen) atoms. The van der Waals surface area contributed by atoms with Crippen molar-refractivity contribution < 1.29 is 14.7 Å². The number of nitrogens with two attached hydrogens (primary N) is 1. The van der Waals surface area contributed by atoms with E-state index in [9.17, 15) is 9.59 Å². The van der Waals surface area contributed by atoms with Gasteiger partial charge in [0.2, 0.25) is 11.8 Å². The molecule has 3 rings (SSSR count). The Morgan fingerprint density at radius 2 is 1.86 bits per heavy atom. The van der Waals surface area contributed by atoms with Crippen molar-refractivity contribution in [2.75, 3.05) is 13.2 Å². The van der Waals surface area contributed by atoms with Gasteiger partial charge in [-0.05, 0) is 12.8 Å². The van der Waals surface area contributed by atoms with Crippen molar-refractivity contribution in [1.82, 2.24) is 4.90 Å². The fourth-order valence-corrected chi connectivity index (χ4v) is 2.04. The van der Waals surface area contributed by atoms with Crippen LogP contribution in [0.5, 0.6) is 0 Å². The topological polar surface area (TPSA) is 83.6 Å². The number of imide groups is 1. The zero-order chi connectivity index (χ0) is 10.3. The molecule has 1 atom stereocenters. The highest BCUT2D eigenvalue weighted by molar-refractivity contribution is 6.02. The normalized spacial score (nSPS) is 32.9. The van der Waals surface area contributed by atoms with Gasteiger partial charge >= 0.3 is 0 Å². The molecule has 2 aliphatic heterocycles. The predicted molar refractivity (Wildman–Crippen MR) is 48.0 cm³/mol. The van der Waals surface area contributed by atoms with E-state index in [1.807, 2.05) is 0 Å². The van der Waals surface area contributed by atoms with Crippen molar-refractivity contribution in [3.05, 3.63) is 0 Å². The summed E-state index contributed by atoms with van der Waals surface area (Å²) in [5, 5.41) is 8.74. The average molecular weight is 198 g/mol. The second-order valence-corrected chi connectivity index (χ2v) is 4.09. The van der Waals surface area contributed by atoms with E-state index in [4.69, 9.17) is 10.8 Å². The highest BCUT2D eigenvalue weighted by Gasteiger charge is 2.49. The van der Waals surface area contributed by atoms with Gasteiger partial charge in [0.15, 0.2) is 0 Å². The summed E-state index contributed by atoms with van der Waals surface area (Å²) < 4.78 is 0. The number of carbonyl (C=O) groups excluding carboxylic acids is 2. The molecule has 1 aliphatic carbocycles. The van der Waals surface area contributed by atoms with E-state index in [0.717, 1.165) is 0 Å². The average Bonchev–Trinajstić information content (AvgIpc) is 2.08. The molecule has 1 unspecified atom stereocenters. The molecule has 2 amide bonds. The lowest BCUT2D eigenvalue weighted by atomic mass is 9.70. The Balaban J connectivity index is 2.03. The molecule has 1 saturated carbocycles. The highest BCUT2D eigenvalue weighted by Crippen LogP contribution is 2.41. The molecule has 3 N–H and O–H groups in total. The number of rotatable bonds is 3. The smallest absolute Gasteiger partial charge is 0.232 e. The van der Waals surface area contributed by atoms with Gasteiger partial charge in [0.25, 0.3) is 0 Å². The molecular weight excluding hydrogens is 184 g/mol. The van der Waals surface area contributed by atoms with E-state index in [1.54, 1.807) is 0 Å². The van der Waals surface area contributed by atoms with Crippen LogP contribution in [0, 0.1) is 11.8 Å². The Morgan fingerprint density at radius 1 is 1.36 bits per heavy atom. The van der Waals surface area contributed by atoms with E-state index in [1.165, 1.54) is 4.90 Å². The summed E-state index contributed by atoms with van der Waals surface area (Å²) in [4.78, 5) is 24.4. The quantitative estimate of drug-likeness (QED) is 0.552. The van der Waals surface area contributed by atoms with Crippen molar-refractivity contribution in [3.63, 3.8) is 0 Å². The maximum Gasteiger partial charge on any atom is 0.232 e. The van der Waals surface area contributed by atoms with Crippen LogP contribution in [0.15, 0.2) is 0 Å². The van der Waals surface area contributed by atoms with Gasteiger partial charge in [-0.15, -0.1) is 0 Å². The van der Waals surface area contributed by atoms with Gasteiger partial charge in [-0.25, -0.2) is 0 Å². The van der Waals surface area contributed by atoms with Crippen LogP contribution in [-0.2, 0) is 9.59 Å². The third-order valence-electron chi connectivity index (χ3n) is 3.02. The molecule has 5 heteroatoms. The number of fused-ring (bicyclic) bond motifs is 2. The summed E-state index contributed by atoms with van der Waals surface area (Å²) in [7, 11) is 0. The van der Waals surface area contributed by atoms with Gasteiger partial charge in [0.05, 0.1) is 6.61 Å². The van der Waals surface area contributed by atoms with Gasteiger partial charge in [-0.1, -0.05) is 0 Å². The molecular formula is C9H14N2O3. The number of hydrogen-bond acceptors (Lipinski definition) is 4. The van der Waals surface area contributed by atoms with Gasteiger partial charge in [0, 0.05) is 24.4 Å². The molecule has 3 fully saturated rings. The predicted octanol–water partition coefficient (Wildman–Crippen LogP) is -1.30. The summed E-state index contributed by atoms with van der Waals surface area (Å²) in [5.41, 5.74) is 5.49. The van der Waals surface area contributed by atoms with Gasteiger partial charge in [-0.2, -0.15) is 0 Å². The van der Waals surface area contributed by atoms with Crippen molar-refractivity contribution in [1.29, 1.82) is 0 Å². The van der Waals surface area contributed by atoms with E-state index >= 15 is 0 Å². The van der Waals surface area contributed by atoms with Gasteiger partial charge in [0.1, 0.15) is 0 Å². The zero-order valence-corrected chi connectivity index (χ0v) is 7.85. The lowest BCUT2D eigenvalue weighted by Crippen LogP contribution is -2.59. The van der Waals surface area contributed by atoms with E-state index < -0.39 is 6.04 Å². The number of nitrogens with zero attached hydrogens (tertiary/aromatic N) is 1. The van der Waals surface area contributed by atoms with Gasteiger partial charge in [-0.3, -0.25) is 14.5 Å². The molecule has 78 valence electrons. The third-order valence-corrected chi connectivity index (χ3v) is 3.02. The maximum absolute atomic E-state index is 11.6. The lowest BCUT2D eigenvalue weighted by molar-refractivity contribution is -0.165. The van der Waals surface area contributed by atoms with Crippen LogP contribution < -0.4 is 5.73 Å². The Kier molecular flexibility index (Phi) is 2.28. The number of aliphatic hydroxyl groups is 1. The number of piperidine rings is 2. The maximum atomic E-state index is 11.6. The summed E-state index contributed by atoms with van der Waals surface area (Å²) >= 11 is 0. The second kappa shape index (κ2) is 3.33. The molecule has 2 saturated heterocycles. The standard InChI is InChI=1S/C9H14N2O3/c10-7(4-12)3-11-8(13)5-1-6(2-5)9(11)14/h5-7,12H,1-4,10H2. The van der Waals surface area contributed by atoms with Crippen LogP contribution in [0.2, 0.25) is 0 Å². The Labute approximate surface area is 81.9 Å². The van der Waals surface area contributed by atoms with Crippen LogP contribution in [0.25, 0.3) is 0 Å². The first-order valence-electron chi connectivity index (χ1n) is 4.85. The number of amides is 2. The summed E-state index contributed by atoms with van der Waals surface area (Å²) in [6.07, 6.45) is 1.42. The molecule has 5 nitrogen and oxygen atoms in total. The molecule has 2 heterocycles. The fraction of sp³-hybridized carbons (Fsp3) is 0.778. The first kappa shape index (κ1) is 9.61. The first-order valence-corrected chi connectivity index (χ1v) is 4.85. The van der Waals surface area contributed by atoms with Gasteiger partial charge < -0.3 is 10.8 Å². The second-order valence-electron chi connectivity index (χ2n) is 4.09. The minimum absolute atomic E-state index is 0.0311. The SMILES string of the molecule is NC(CO)CN1C(=O)C2CC(C2)C1=O. The summed E-state index contributed by atoms with van der Waals surface area (Å²) in [6.45, 7) is -0.0481. The minimum Gasteiger partial charge on any atom is -0.395 e. The minimum atomic E-state index is -0.514. The molecule has 0 radical (unpaired) electrons. The Hall–Kier alpha value is -0.940. The molecule has 0 aromatic carbocycles. The van der Waals surface area contributed by atoms with E-state index in [-0.39, 0.29) is 36.8 Å². The molecule has 3 aliphatic rings. The summed E-state index contributed by atoms with van der Waals surface area (Å²) in [5.74, 6) is -0.157. The number of aliphatic hydroxyl groups excluding tert-OH is 1. The molecule has 0 aromatic rings. The van der Waals surface area contributed by atoms with Crippen LogP contribution in [0.4, 0.5) is 0 Å². The van der Waals surface area contributed by atoms with Crippen molar-refractivity contribution in [2.45, 2.75) is 18.9 Å². The highest BCUT2D eigenvalue weighted by atomic mass is 16.3. The third kappa shape index (κ3) is 1.33. The van der Waals surface area contributed by atoms with Crippen LogP contribution >= 0.6 is 0 Å². The number of hydrogen-bond donors (Lipinski definition) is 2. The largest absolute Gasteiger partial charge is 0.395 e. The van der Waals surface area contributed by atoms with Crippen LogP contribution in [-0.4, -0.2) is 41.0 Å². The van der Waals surface area contributed by atoms with Crippen molar-refractivity contribution in [2.24, 2.45) is 17.6 Å². The first-order chi connectivity index (χ1) is 6.63. The Bertz CT molecular complexity index is 253. The fourth-order valence-electron chi connectivity index (χ4n) is 2.04. The zero-order valence-electron chi connectivity index (χ0n) is 7.85. The summed E-state index contributed by atoms with van der Waals surface area (Å²) in [6, 6.07) is -0.514. The van der Waals surface area contributed by atoms with E-state index in [2.05, 4.69) is 0 Å². The van der Waals surface area contributed by atoms with Crippen LogP contribution in [0.1, 0.15) is 12.8 Å². The van der Waals surface area contributed by atoms with E-state index in [0.29, 0.717) is 12.8 Å². The Morgan fingerprint density at radius 3 is 2.29 bits per heavy atom. The van der Waals surface area contributed by atoms with Crippen LogP contribution in [0.3, 0.4) is 0 Å². The number of carbonyl (C=O) groups is 2. The molecule has 2 bridgehead atoms. The van der Waals surface area contributed by atoms with Crippen molar-refractivity contribution in [3.8, 4) is 0 Å². The monoisotopic (exact) mass is 198 g/mol. The molecule has 0 spiro atoms. The lowest BCUT2D eigenvalue weighted by Gasteiger charge is -2.44.